The Morgan fingerprint density at radius 3 is 2.68 bits per heavy atom. The molecule has 1 saturated heterocycles. The average molecular weight is 401 g/mol. The number of piperazine rings is 1. The monoisotopic (exact) mass is 400 g/mol. The molecule has 1 aromatic carbocycles. The van der Waals surface area contributed by atoms with Crippen molar-refractivity contribution < 1.29 is 14.4 Å². The molecule has 3 amide bonds. The molecule has 1 N–H and O–H groups in total. The zero-order valence-electron chi connectivity index (χ0n) is 15.8. The third-order valence-electron chi connectivity index (χ3n) is 4.70. The van der Waals surface area contributed by atoms with Gasteiger partial charge < -0.3 is 15.1 Å². The molecule has 7 nitrogen and oxygen atoms in total. The Hall–Kier alpha value is -2.74. The Balaban J connectivity index is 1.78. The molecular weight excluding hydrogens is 376 g/mol. The molecule has 0 unspecified atom stereocenters. The summed E-state index contributed by atoms with van der Waals surface area (Å²) in [7, 11) is 0. The van der Waals surface area contributed by atoms with Gasteiger partial charge in [0.2, 0.25) is 5.91 Å². The van der Waals surface area contributed by atoms with Crippen molar-refractivity contribution in [3.63, 3.8) is 0 Å². The van der Waals surface area contributed by atoms with E-state index in [0.717, 1.165) is 17.8 Å². The van der Waals surface area contributed by atoms with Crippen molar-refractivity contribution >= 4 is 29.1 Å². The lowest BCUT2D eigenvalue weighted by atomic mass is 10.0. The summed E-state index contributed by atoms with van der Waals surface area (Å²) >= 11 is 1.45. The van der Waals surface area contributed by atoms with E-state index in [1.54, 1.807) is 23.2 Å². The van der Waals surface area contributed by atoms with Crippen LogP contribution in [-0.4, -0.2) is 52.1 Å². The third kappa shape index (κ3) is 4.56. The van der Waals surface area contributed by atoms with Crippen LogP contribution in [0.1, 0.15) is 36.4 Å². The first-order chi connectivity index (χ1) is 13.6. The van der Waals surface area contributed by atoms with Crippen LogP contribution in [0, 0.1) is 0 Å². The second-order valence-corrected chi connectivity index (χ2v) is 7.58. The topological polar surface area (TPSA) is 82.6 Å². The normalized spacial score (nSPS) is 15.6. The van der Waals surface area contributed by atoms with E-state index in [1.165, 1.54) is 16.2 Å². The molecule has 1 fully saturated rings. The summed E-state index contributed by atoms with van der Waals surface area (Å²) in [6, 6.07) is 8.25. The second kappa shape index (κ2) is 9.45. The molecule has 2 heterocycles. The van der Waals surface area contributed by atoms with Crippen molar-refractivity contribution in [2.45, 2.75) is 32.4 Å². The molecule has 1 aromatic heterocycles. The number of nitrogens with zero attached hydrogens (tertiary/aromatic N) is 3. The quantitative estimate of drug-likeness (QED) is 0.687. The first kappa shape index (κ1) is 20.0. The molecule has 148 valence electrons. The van der Waals surface area contributed by atoms with Crippen molar-refractivity contribution in [2.75, 3.05) is 19.6 Å². The van der Waals surface area contributed by atoms with Gasteiger partial charge in [-0.1, -0.05) is 43.7 Å². The molecule has 0 bridgehead atoms. The van der Waals surface area contributed by atoms with E-state index in [1.807, 2.05) is 30.5 Å². The summed E-state index contributed by atoms with van der Waals surface area (Å²) in [6.45, 7) is 3.67. The van der Waals surface area contributed by atoms with Crippen LogP contribution in [0.3, 0.4) is 0 Å². The van der Waals surface area contributed by atoms with Gasteiger partial charge in [0.05, 0.1) is 6.54 Å². The van der Waals surface area contributed by atoms with Gasteiger partial charge >= 0.3 is 11.8 Å². The summed E-state index contributed by atoms with van der Waals surface area (Å²) < 4.78 is 0. The zero-order chi connectivity index (χ0) is 19.9. The Kier molecular flexibility index (Phi) is 6.76. The van der Waals surface area contributed by atoms with Crippen molar-refractivity contribution in [3.8, 4) is 0 Å². The van der Waals surface area contributed by atoms with Gasteiger partial charge in [-0.05, 0) is 12.0 Å². The fourth-order valence-corrected chi connectivity index (χ4v) is 3.76. The van der Waals surface area contributed by atoms with E-state index < -0.39 is 17.9 Å². The molecule has 0 saturated carbocycles. The highest BCUT2D eigenvalue weighted by molar-refractivity contribution is 7.09. The van der Waals surface area contributed by atoms with Crippen molar-refractivity contribution in [1.29, 1.82) is 0 Å². The fourth-order valence-electron chi connectivity index (χ4n) is 3.21. The number of hydrogen-bond donors (Lipinski definition) is 1. The standard InChI is InChI=1S/C20H24N4O3S/c1-2-3-10-23-11-12-24(20(27)19(23)26)17(15-7-5-4-6-8-15)18(25)22-14-16-21-9-13-28-16/h4-9,13,17H,2-3,10-12,14H2,1H3,(H,22,25)/t17-/m0/s1. The van der Waals surface area contributed by atoms with Crippen LogP contribution in [0.4, 0.5) is 0 Å². The first-order valence-corrected chi connectivity index (χ1v) is 10.3. The number of hydrogen-bond acceptors (Lipinski definition) is 5. The third-order valence-corrected chi connectivity index (χ3v) is 5.48. The lowest BCUT2D eigenvalue weighted by Crippen LogP contribution is -2.57. The van der Waals surface area contributed by atoms with Crippen molar-refractivity contribution in [3.05, 3.63) is 52.5 Å². The predicted molar refractivity (Wildman–Crippen MR) is 106 cm³/mol. The van der Waals surface area contributed by atoms with Crippen LogP contribution < -0.4 is 5.32 Å². The van der Waals surface area contributed by atoms with Crippen molar-refractivity contribution in [1.82, 2.24) is 20.1 Å². The minimum absolute atomic E-state index is 0.290. The van der Waals surface area contributed by atoms with Crippen LogP contribution in [-0.2, 0) is 20.9 Å². The molecule has 2 aromatic rings. The molecule has 1 atom stereocenters. The number of carbonyl (C=O) groups excluding carboxylic acids is 3. The smallest absolute Gasteiger partial charge is 0.313 e. The fraction of sp³-hybridized carbons (Fsp3) is 0.400. The van der Waals surface area contributed by atoms with Gasteiger partial charge in [0.25, 0.3) is 0 Å². The maximum absolute atomic E-state index is 13.0. The summed E-state index contributed by atoms with van der Waals surface area (Å²) in [4.78, 5) is 45.5. The molecule has 0 radical (unpaired) electrons. The van der Waals surface area contributed by atoms with Crippen LogP contribution in [0.15, 0.2) is 41.9 Å². The molecule has 3 rings (SSSR count). The number of aromatic nitrogens is 1. The van der Waals surface area contributed by atoms with Gasteiger partial charge in [-0.2, -0.15) is 0 Å². The molecule has 0 spiro atoms. The van der Waals surface area contributed by atoms with Gasteiger partial charge in [-0.15, -0.1) is 11.3 Å². The minimum Gasteiger partial charge on any atom is -0.347 e. The minimum atomic E-state index is -0.842. The van der Waals surface area contributed by atoms with E-state index in [4.69, 9.17) is 0 Å². The summed E-state index contributed by atoms with van der Waals surface area (Å²) in [5.74, 6) is -1.47. The lowest BCUT2D eigenvalue weighted by molar-refractivity contribution is -0.159. The second-order valence-electron chi connectivity index (χ2n) is 6.60. The SMILES string of the molecule is CCCCN1CCN([C@H](C(=O)NCc2nccs2)c2ccccc2)C(=O)C1=O. The highest BCUT2D eigenvalue weighted by Gasteiger charge is 2.39. The lowest BCUT2D eigenvalue weighted by Gasteiger charge is -2.38. The Morgan fingerprint density at radius 2 is 2.00 bits per heavy atom. The van der Waals surface area contributed by atoms with Gasteiger partial charge in [0.1, 0.15) is 11.0 Å². The molecule has 1 aliphatic heterocycles. The molecule has 8 heteroatoms. The van der Waals surface area contributed by atoms with E-state index in [2.05, 4.69) is 10.3 Å². The number of amides is 3. The van der Waals surface area contributed by atoms with E-state index >= 15 is 0 Å². The number of unbranched alkanes of at least 4 members (excludes halogenated alkanes) is 1. The molecule has 28 heavy (non-hydrogen) atoms. The van der Waals surface area contributed by atoms with Crippen LogP contribution >= 0.6 is 11.3 Å². The highest BCUT2D eigenvalue weighted by atomic mass is 32.1. The number of nitrogens with one attached hydrogen (secondary N) is 1. The Bertz CT molecular complexity index is 810. The Labute approximate surface area is 168 Å². The maximum atomic E-state index is 13.0. The summed E-state index contributed by atoms with van der Waals surface area (Å²) in [5.41, 5.74) is 0.683. The first-order valence-electron chi connectivity index (χ1n) is 9.42. The van der Waals surface area contributed by atoms with E-state index in [-0.39, 0.29) is 5.91 Å². The number of thiazole rings is 1. The predicted octanol–water partition coefficient (Wildman–Crippen LogP) is 1.97. The molecule has 1 aliphatic rings. The summed E-state index contributed by atoms with van der Waals surface area (Å²) in [5, 5.41) is 5.48. The largest absolute Gasteiger partial charge is 0.347 e. The van der Waals surface area contributed by atoms with Gasteiger partial charge in [-0.25, -0.2) is 4.98 Å². The van der Waals surface area contributed by atoms with Crippen LogP contribution in [0.2, 0.25) is 0 Å². The van der Waals surface area contributed by atoms with Crippen LogP contribution in [0.5, 0.6) is 0 Å². The number of carbonyl (C=O) groups is 3. The van der Waals surface area contributed by atoms with E-state index in [0.29, 0.717) is 31.7 Å². The molecule has 0 aliphatic carbocycles. The number of rotatable bonds is 8. The highest BCUT2D eigenvalue weighted by Crippen LogP contribution is 2.24. The van der Waals surface area contributed by atoms with Gasteiger partial charge in [0, 0.05) is 31.2 Å². The van der Waals surface area contributed by atoms with Gasteiger partial charge in [0.15, 0.2) is 0 Å². The van der Waals surface area contributed by atoms with Gasteiger partial charge in [-0.3, -0.25) is 14.4 Å². The maximum Gasteiger partial charge on any atom is 0.313 e. The summed E-state index contributed by atoms with van der Waals surface area (Å²) in [6.07, 6.45) is 3.49. The van der Waals surface area contributed by atoms with E-state index in [9.17, 15) is 14.4 Å². The van der Waals surface area contributed by atoms with Crippen LogP contribution in [0.25, 0.3) is 0 Å². The zero-order valence-corrected chi connectivity index (χ0v) is 16.7. The van der Waals surface area contributed by atoms with Crippen molar-refractivity contribution in [2.24, 2.45) is 0 Å². The average Bonchev–Trinajstić information content (AvgIpc) is 3.24. The number of benzene rings is 1. The Morgan fingerprint density at radius 1 is 1.21 bits per heavy atom. The molecular formula is C20H24N4O3S.